The molecule has 1 aliphatic rings. The van der Waals surface area contributed by atoms with Gasteiger partial charge >= 0.3 is 0 Å². The minimum Gasteiger partial charge on any atom is -0.399 e. The minimum atomic E-state index is -0.314. The lowest BCUT2D eigenvalue weighted by molar-refractivity contribution is -0.130. The van der Waals surface area contributed by atoms with Gasteiger partial charge in [-0.2, -0.15) is 0 Å². The molecule has 0 spiro atoms. The maximum atomic E-state index is 12.0. The first-order chi connectivity index (χ1) is 9.06. The van der Waals surface area contributed by atoms with Crippen molar-refractivity contribution < 1.29 is 9.59 Å². The monoisotopic (exact) mass is 261 g/mol. The number of primary amides is 1. The van der Waals surface area contributed by atoms with Gasteiger partial charge in [-0.15, -0.1) is 0 Å². The van der Waals surface area contributed by atoms with Crippen LogP contribution >= 0.6 is 0 Å². The van der Waals surface area contributed by atoms with Crippen LogP contribution in [0, 0.1) is 5.92 Å². The number of nitrogens with two attached hydrogens (primary N) is 2. The van der Waals surface area contributed by atoms with Crippen LogP contribution in [0.4, 0.5) is 5.69 Å². The number of benzene rings is 1. The summed E-state index contributed by atoms with van der Waals surface area (Å²) in [6.07, 6.45) is 1.79. The second kappa shape index (κ2) is 5.73. The van der Waals surface area contributed by atoms with E-state index in [4.69, 9.17) is 11.5 Å². The number of aryl methyl sites for hydroxylation is 1. The maximum Gasteiger partial charge on any atom is 0.222 e. The Labute approximate surface area is 112 Å². The van der Waals surface area contributed by atoms with Gasteiger partial charge in [-0.3, -0.25) is 9.59 Å². The Balaban J connectivity index is 1.84. The summed E-state index contributed by atoms with van der Waals surface area (Å²) in [5.74, 6) is -0.423. The second-order valence-electron chi connectivity index (χ2n) is 4.97. The van der Waals surface area contributed by atoms with E-state index in [0.29, 0.717) is 38.0 Å². The van der Waals surface area contributed by atoms with Crippen LogP contribution in [-0.4, -0.2) is 29.8 Å². The smallest absolute Gasteiger partial charge is 0.222 e. The molecule has 1 fully saturated rings. The molecule has 2 rings (SSSR count). The molecule has 0 aromatic heterocycles. The van der Waals surface area contributed by atoms with Crippen molar-refractivity contribution in [3.8, 4) is 0 Å². The molecule has 0 aliphatic carbocycles. The topological polar surface area (TPSA) is 89.4 Å². The van der Waals surface area contributed by atoms with Gasteiger partial charge in [-0.05, 0) is 30.5 Å². The third-order valence-corrected chi connectivity index (χ3v) is 3.52. The fraction of sp³-hybridized carbons (Fsp3) is 0.429. The minimum absolute atomic E-state index is 0.0752. The van der Waals surface area contributed by atoms with Gasteiger partial charge in [0.25, 0.3) is 0 Å². The number of hydrogen-bond acceptors (Lipinski definition) is 3. The Morgan fingerprint density at radius 2 is 2.16 bits per heavy atom. The van der Waals surface area contributed by atoms with Crippen molar-refractivity contribution in [2.45, 2.75) is 19.3 Å². The molecule has 1 unspecified atom stereocenters. The van der Waals surface area contributed by atoms with Crippen LogP contribution in [0.3, 0.4) is 0 Å². The van der Waals surface area contributed by atoms with Crippen LogP contribution in [0.25, 0.3) is 0 Å². The molecule has 1 aromatic carbocycles. The van der Waals surface area contributed by atoms with Gasteiger partial charge in [0.1, 0.15) is 0 Å². The van der Waals surface area contributed by atoms with Crippen LogP contribution in [0.15, 0.2) is 24.3 Å². The summed E-state index contributed by atoms with van der Waals surface area (Å²) < 4.78 is 0. The van der Waals surface area contributed by atoms with Crippen LogP contribution < -0.4 is 11.5 Å². The van der Waals surface area contributed by atoms with Gasteiger partial charge in [-0.1, -0.05) is 12.1 Å². The van der Waals surface area contributed by atoms with E-state index < -0.39 is 0 Å². The van der Waals surface area contributed by atoms with Gasteiger partial charge in [0.15, 0.2) is 0 Å². The molecular weight excluding hydrogens is 242 g/mol. The Hall–Kier alpha value is -2.04. The Morgan fingerprint density at radius 3 is 2.79 bits per heavy atom. The van der Waals surface area contributed by atoms with Crippen LogP contribution in [0.2, 0.25) is 0 Å². The first-order valence-electron chi connectivity index (χ1n) is 6.48. The van der Waals surface area contributed by atoms with Crippen LogP contribution in [0.5, 0.6) is 0 Å². The van der Waals surface area contributed by atoms with Gasteiger partial charge in [0, 0.05) is 25.2 Å². The normalized spacial score (nSPS) is 18.5. The SMILES string of the molecule is NC(=O)C1CCN(C(=O)CCc2cccc(N)c2)C1. The average molecular weight is 261 g/mol. The predicted molar refractivity (Wildman–Crippen MR) is 73.1 cm³/mol. The lowest BCUT2D eigenvalue weighted by Crippen LogP contribution is -2.31. The highest BCUT2D eigenvalue weighted by Crippen LogP contribution is 2.17. The molecule has 1 atom stereocenters. The first kappa shape index (κ1) is 13.4. The van der Waals surface area contributed by atoms with E-state index in [0.717, 1.165) is 5.56 Å². The molecule has 1 heterocycles. The van der Waals surface area contributed by atoms with Gasteiger partial charge in [-0.25, -0.2) is 0 Å². The summed E-state index contributed by atoms with van der Waals surface area (Å²) in [7, 11) is 0. The quantitative estimate of drug-likeness (QED) is 0.775. The third-order valence-electron chi connectivity index (χ3n) is 3.52. The zero-order chi connectivity index (χ0) is 13.8. The van der Waals surface area contributed by atoms with Crippen molar-refractivity contribution in [2.24, 2.45) is 11.7 Å². The number of anilines is 1. The molecule has 0 saturated carbocycles. The molecule has 1 aliphatic heterocycles. The summed E-state index contributed by atoms with van der Waals surface area (Å²) in [5, 5.41) is 0. The molecule has 0 bridgehead atoms. The van der Waals surface area contributed by atoms with Crippen molar-refractivity contribution >= 4 is 17.5 Å². The van der Waals surface area contributed by atoms with E-state index in [1.165, 1.54) is 0 Å². The fourth-order valence-electron chi connectivity index (χ4n) is 2.38. The lowest BCUT2D eigenvalue weighted by atomic mass is 10.1. The van der Waals surface area contributed by atoms with Crippen molar-refractivity contribution in [2.75, 3.05) is 18.8 Å². The number of rotatable bonds is 4. The summed E-state index contributed by atoms with van der Waals surface area (Å²) in [6, 6.07) is 7.54. The number of amides is 2. The van der Waals surface area contributed by atoms with E-state index in [-0.39, 0.29) is 17.7 Å². The van der Waals surface area contributed by atoms with E-state index in [9.17, 15) is 9.59 Å². The number of nitrogen functional groups attached to an aromatic ring is 1. The molecule has 1 saturated heterocycles. The molecule has 0 radical (unpaired) electrons. The summed E-state index contributed by atoms with van der Waals surface area (Å²) >= 11 is 0. The molecule has 2 amide bonds. The first-order valence-corrected chi connectivity index (χ1v) is 6.48. The van der Waals surface area contributed by atoms with E-state index in [1.54, 1.807) is 4.90 Å². The van der Waals surface area contributed by atoms with Crippen molar-refractivity contribution in [3.05, 3.63) is 29.8 Å². The van der Waals surface area contributed by atoms with Gasteiger partial charge in [0.2, 0.25) is 11.8 Å². The molecule has 5 heteroatoms. The highest BCUT2D eigenvalue weighted by atomic mass is 16.2. The standard InChI is InChI=1S/C14H19N3O2/c15-12-3-1-2-10(8-12)4-5-13(18)17-7-6-11(9-17)14(16)19/h1-3,8,11H,4-7,9,15H2,(H2,16,19). The number of carbonyl (C=O) groups is 2. The summed E-state index contributed by atoms with van der Waals surface area (Å²) in [4.78, 5) is 24.8. The summed E-state index contributed by atoms with van der Waals surface area (Å²) in [5.41, 5.74) is 12.7. The largest absolute Gasteiger partial charge is 0.399 e. The number of carbonyl (C=O) groups excluding carboxylic acids is 2. The van der Waals surface area contributed by atoms with Crippen molar-refractivity contribution in [3.63, 3.8) is 0 Å². The molecule has 1 aromatic rings. The highest BCUT2D eigenvalue weighted by Gasteiger charge is 2.29. The molecule has 102 valence electrons. The van der Waals surface area contributed by atoms with Gasteiger partial charge < -0.3 is 16.4 Å². The second-order valence-corrected chi connectivity index (χ2v) is 4.97. The number of nitrogens with zero attached hydrogens (tertiary/aromatic N) is 1. The van der Waals surface area contributed by atoms with E-state index >= 15 is 0 Å². The van der Waals surface area contributed by atoms with Crippen LogP contribution in [0.1, 0.15) is 18.4 Å². The molecule has 4 N–H and O–H groups in total. The fourth-order valence-corrected chi connectivity index (χ4v) is 2.38. The highest BCUT2D eigenvalue weighted by molar-refractivity contribution is 5.81. The van der Waals surface area contributed by atoms with Crippen LogP contribution in [-0.2, 0) is 16.0 Å². The zero-order valence-electron chi connectivity index (χ0n) is 10.8. The predicted octanol–water partition coefficient (Wildman–Crippen LogP) is 0.535. The summed E-state index contributed by atoms with van der Waals surface area (Å²) in [6.45, 7) is 1.09. The number of hydrogen-bond donors (Lipinski definition) is 2. The Bertz CT molecular complexity index is 487. The van der Waals surface area contributed by atoms with Gasteiger partial charge in [0.05, 0.1) is 5.92 Å². The van der Waals surface area contributed by atoms with Crippen molar-refractivity contribution in [1.29, 1.82) is 0 Å². The maximum absolute atomic E-state index is 12.0. The van der Waals surface area contributed by atoms with E-state index in [1.807, 2.05) is 24.3 Å². The van der Waals surface area contributed by atoms with Crippen molar-refractivity contribution in [1.82, 2.24) is 4.90 Å². The number of likely N-dealkylation sites (tertiary alicyclic amines) is 1. The molecular formula is C14H19N3O2. The third kappa shape index (κ3) is 3.47. The molecule has 19 heavy (non-hydrogen) atoms. The Morgan fingerprint density at radius 1 is 1.37 bits per heavy atom. The molecule has 5 nitrogen and oxygen atoms in total. The Kier molecular flexibility index (Phi) is 4.04. The zero-order valence-corrected chi connectivity index (χ0v) is 10.8. The lowest BCUT2D eigenvalue weighted by Gasteiger charge is -2.15. The van der Waals surface area contributed by atoms with E-state index in [2.05, 4.69) is 0 Å². The average Bonchev–Trinajstić information content (AvgIpc) is 2.86.